The Balaban J connectivity index is 1.38. The van der Waals surface area contributed by atoms with Crippen molar-refractivity contribution in [3.8, 4) is 5.75 Å². The van der Waals surface area contributed by atoms with E-state index in [2.05, 4.69) is 6.07 Å². The first-order valence-corrected chi connectivity index (χ1v) is 10.4. The maximum atomic E-state index is 13.0. The number of rotatable bonds is 5. The molecule has 1 spiro atoms. The molecular weight excluding hydrogens is 385 g/mol. The second-order valence-corrected chi connectivity index (χ2v) is 7.90. The van der Waals surface area contributed by atoms with E-state index in [0.29, 0.717) is 38.1 Å². The van der Waals surface area contributed by atoms with Gasteiger partial charge in [-0.3, -0.25) is 9.59 Å². The third-order valence-corrected chi connectivity index (χ3v) is 6.19. The molecule has 0 bridgehead atoms. The van der Waals surface area contributed by atoms with Crippen molar-refractivity contribution in [1.29, 1.82) is 0 Å². The van der Waals surface area contributed by atoms with Crippen LogP contribution in [0.5, 0.6) is 5.75 Å². The minimum atomic E-state index is -0.416. The molecule has 158 valence electrons. The maximum absolute atomic E-state index is 13.0. The van der Waals surface area contributed by atoms with E-state index in [1.807, 2.05) is 17.0 Å². The summed E-state index contributed by atoms with van der Waals surface area (Å²) in [5, 5.41) is 0. The highest BCUT2D eigenvalue weighted by atomic mass is 19.1. The molecule has 1 saturated heterocycles. The molecule has 0 saturated carbocycles. The lowest BCUT2D eigenvalue weighted by Gasteiger charge is -2.45. The number of likely N-dealkylation sites (tertiary alicyclic amines) is 1. The number of methoxy groups -OCH3 is 1. The van der Waals surface area contributed by atoms with E-state index in [0.717, 1.165) is 17.7 Å². The normalized spacial score (nSPS) is 17.5. The summed E-state index contributed by atoms with van der Waals surface area (Å²) in [6.45, 7) is 1.84. The number of Topliss-reactive ketones (excluding diaryl/α,β-unsaturated/α-hetero) is 1. The van der Waals surface area contributed by atoms with Crippen LogP contribution in [0.4, 0.5) is 4.39 Å². The summed E-state index contributed by atoms with van der Waals surface area (Å²) < 4.78 is 24.9. The molecular formula is C24H26FNO4. The number of hydrogen-bond acceptors (Lipinski definition) is 4. The number of hydrogen-bond donors (Lipinski definition) is 0. The minimum Gasteiger partial charge on any atom is -0.496 e. The van der Waals surface area contributed by atoms with E-state index in [4.69, 9.17) is 9.47 Å². The van der Waals surface area contributed by atoms with Crippen molar-refractivity contribution in [3.63, 3.8) is 0 Å². The number of nitrogens with zero attached hydrogens (tertiary/aromatic N) is 1. The second kappa shape index (κ2) is 8.56. The van der Waals surface area contributed by atoms with Gasteiger partial charge < -0.3 is 14.4 Å². The molecule has 2 aromatic rings. The predicted molar refractivity (Wildman–Crippen MR) is 110 cm³/mol. The Kier molecular flexibility index (Phi) is 5.86. The Bertz CT molecular complexity index is 918. The summed E-state index contributed by atoms with van der Waals surface area (Å²) in [7, 11) is 1.68. The van der Waals surface area contributed by atoms with Gasteiger partial charge in [0.2, 0.25) is 5.91 Å². The van der Waals surface area contributed by atoms with Crippen LogP contribution in [0, 0.1) is 5.82 Å². The number of piperidine rings is 1. The fourth-order valence-corrected chi connectivity index (χ4v) is 4.57. The van der Waals surface area contributed by atoms with Crippen LogP contribution in [-0.4, -0.2) is 43.4 Å². The minimum absolute atomic E-state index is 0.0311. The van der Waals surface area contributed by atoms with E-state index in [9.17, 15) is 14.0 Å². The van der Waals surface area contributed by atoms with E-state index < -0.39 is 5.60 Å². The fraction of sp³-hybridized carbons (Fsp3) is 0.417. The summed E-state index contributed by atoms with van der Waals surface area (Å²) in [5.74, 6) is 0.285. The summed E-state index contributed by atoms with van der Waals surface area (Å²) in [4.78, 5) is 26.8. The van der Waals surface area contributed by atoms with E-state index in [1.165, 1.54) is 29.8 Å². The third-order valence-electron chi connectivity index (χ3n) is 6.19. The summed E-state index contributed by atoms with van der Waals surface area (Å²) in [5.41, 5.74) is 2.39. The van der Waals surface area contributed by atoms with E-state index in [-0.39, 0.29) is 30.3 Å². The molecule has 2 aliphatic rings. The molecule has 5 nitrogen and oxygen atoms in total. The van der Waals surface area contributed by atoms with Crippen LogP contribution in [0.25, 0.3) is 0 Å². The Morgan fingerprint density at radius 1 is 1.10 bits per heavy atom. The van der Waals surface area contributed by atoms with Crippen molar-refractivity contribution in [2.45, 2.75) is 37.7 Å². The molecule has 0 radical (unpaired) electrons. The topological polar surface area (TPSA) is 55.8 Å². The molecule has 6 heteroatoms. The second-order valence-electron chi connectivity index (χ2n) is 7.90. The van der Waals surface area contributed by atoms with Gasteiger partial charge in [-0.05, 0) is 55.2 Å². The standard InChI is InChI=1S/C24H26FNO4/c1-29-21-4-2-3-18-11-16-30-24(23(18)21)12-14-26(15-13-24)22(28)10-9-20(27)17-5-7-19(25)8-6-17/h2-8H,9-16H2,1H3. The SMILES string of the molecule is COc1cccc2c1C1(CCN(C(=O)CCC(=O)c3ccc(F)cc3)CC1)OCC2. The number of halogens is 1. The zero-order valence-electron chi connectivity index (χ0n) is 17.2. The molecule has 1 fully saturated rings. The molecule has 0 unspecified atom stereocenters. The van der Waals surface area contributed by atoms with Crippen LogP contribution in [0.3, 0.4) is 0 Å². The summed E-state index contributed by atoms with van der Waals surface area (Å²) in [6, 6.07) is 11.5. The average Bonchev–Trinajstić information content (AvgIpc) is 2.78. The molecule has 0 aliphatic carbocycles. The monoisotopic (exact) mass is 411 g/mol. The highest BCUT2D eigenvalue weighted by Crippen LogP contribution is 2.45. The first kappa shape index (κ1) is 20.5. The average molecular weight is 411 g/mol. The zero-order chi connectivity index (χ0) is 21.1. The highest BCUT2D eigenvalue weighted by Gasteiger charge is 2.43. The highest BCUT2D eigenvalue weighted by molar-refractivity contribution is 5.97. The van der Waals surface area contributed by atoms with Gasteiger partial charge in [-0.1, -0.05) is 12.1 Å². The van der Waals surface area contributed by atoms with Gasteiger partial charge in [0.25, 0.3) is 0 Å². The maximum Gasteiger partial charge on any atom is 0.223 e. The number of fused-ring (bicyclic) bond motifs is 2. The van der Waals surface area contributed by atoms with Crippen LogP contribution in [0.1, 0.15) is 47.2 Å². The lowest BCUT2D eigenvalue weighted by Crippen LogP contribution is -2.48. The first-order valence-electron chi connectivity index (χ1n) is 10.4. The number of carbonyl (C=O) groups is 2. The van der Waals surface area contributed by atoms with Crippen molar-refractivity contribution in [2.75, 3.05) is 26.8 Å². The van der Waals surface area contributed by atoms with Crippen molar-refractivity contribution in [3.05, 3.63) is 65.0 Å². The van der Waals surface area contributed by atoms with Crippen molar-refractivity contribution in [1.82, 2.24) is 4.90 Å². The predicted octanol–water partition coefficient (Wildman–Crippen LogP) is 3.89. The van der Waals surface area contributed by atoms with Crippen LogP contribution in [0.2, 0.25) is 0 Å². The number of ketones is 1. The van der Waals surface area contributed by atoms with Gasteiger partial charge >= 0.3 is 0 Å². The molecule has 2 heterocycles. The Labute approximate surface area is 175 Å². The Morgan fingerprint density at radius 2 is 1.83 bits per heavy atom. The van der Waals surface area contributed by atoms with Crippen molar-refractivity contribution < 1.29 is 23.5 Å². The van der Waals surface area contributed by atoms with Crippen LogP contribution in [-0.2, 0) is 21.6 Å². The van der Waals surface area contributed by atoms with Gasteiger partial charge in [0.1, 0.15) is 17.2 Å². The van der Waals surface area contributed by atoms with Crippen LogP contribution < -0.4 is 4.74 Å². The smallest absolute Gasteiger partial charge is 0.223 e. The number of carbonyl (C=O) groups excluding carboxylic acids is 2. The van der Waals surface area contributed by atoms with Crippen LogP contribution in [0.15, 0.2) is 42.5 Å². The van der Waals surface area contributed by atoms with Gasteiger partial charge in [0.15, 0.2) is 5.78 Å². The zero-order valence-corrected chi connectivity index (χ0v) is 17.2. The fourth-order valence-electron chi connectivity index (χ4n) is 4.57. The molecule has 0 N–H and O–H groups in total. The molecule has 4 rings (SSSR count). The third kappa shape index (κ3) is 3.97. The number of amides is 1. The summed E-state index contributed by atoms with van der Waals surface area (Å²) >= 11 is 0. The molecule has 2 aromatic carbocycles. The molecule has 2 aliphatic heterocycles. The molecule has 0 aromatic heterocycles. The van der Waals surface area contributed by atoms with Crippen molar-refractivity contribution >= 4 is 11.7 Å². The lowest BCUT2D eigenvalue weighted by atomic mass is 9.78. The molecule has 30 heavy (non-hydrogen) atoms. The van der Waals surface area contributed by atoms with E-state index >= 15 is 0 Å². The van der Waals surface area contributed by atoms with Gasteiger partial charge in [-0.25, -0.2) is 4.39 Å². The molecule has 1 amide bonds. The van der Waals surface area contributed by atoms with Gasteiger partial charge in [-0.15, -0.1) is 0 Å². The van der Waals surface area contributed by atoms with Gasteiger partial charge in [-0.2, -0.15) is 0 Å². The Morgan fingerprint density at radius 3 is 2.53 bits per heavy atom. The van der Waals surface area contributed by atoms with E-state index in [1.54, 1.807) is 7.11 Å². The van der Waals surface area contributed by atoms with Crippen molar-refractivity contribution in [2.24, 2.45) is 0 Å². The van der Waals surface area contributed by atoms with Gasteiger partial charge in [0, 0.05) is 37.1 Å². The summed E-state index contributed by atoms with van der Waals surface area (Å²) in [6.07, 6.45) is 2.56. The largest absolute Gasteiger partial charge is 0.496 e. The lowest BCUT2D eigenvalue weighted by molar-refractivity contribution is -0.140. The first-order chi connectivity index (χ1) is 14.5. The number of benzene rings is 2. The molecule has 0 atom stereocenters. The Hall–Kier alpha value is -2.73. The van der Waals surface area contributed by atoms with Crippen LogP contribution >= 0.6 is 0 Å². The quantitative estimate of drug-likeness (QED) is 0.701. The number of ether oxygens (including phenoxy) is 2. The van der Waals surface area contributed by atoms with Gasteiger partial charge in [0.05, 0.1) is 13.7 Å².